The van der Waals surface area contributed by atoms with E-state index in [2.05, 4.69) is 15.3 Å². The van der Waals surface area contributed by atoms with Gasteiger partial charge in [-0.1, -0.05) is 41.7 Å². The summed E-state index contributed by atoms with van der Waals surface area (Å²) in [7, 11) is -3.31. The van der Waals surface area contributed by atoms with Crippen LogP contribution in [-0.2, 0) is 9.84 Å². The fraction of sp³-hybridized carbons (Fsp3) is 0.0455. The van der Waals surface area contributed by atoms with E-state index in [1.165, 1.54) is 17.4 Å². The largest absolute Gasteiger partial charge is 0.306 e. The Hall–Kier alpha value is -3.56. The number of benzene rings is 2. The number of imidazole rings is 1. The van der Waals surface area contributed by atoms with Gasteiger partial charge >= 0.3 is 0 Å². The molecule has 2 aromatic carbocycles. The van der Waals surface area contributed by atoms with Crippen molar-refractivity contribution in [2.75, 3.05) is 11.6 Å². The second-order valence-corrected chi connectivity index (χ2v) is 10.1. The number of sulfone groups is 1. The zero-order valence-corrected chi connectivity index (χ0v) is 17.9. The smallest absolute Gasteiger partial charge is 0.257 e. The minimum absolute atomic E-state index is 0.223. The number of anilines is 1. The summed E-state index contributed by atoms with van der Waals surface area (Å²) in [5.74, 6) is -0.311. The lowest BCUT2D eigenvalue weighted by Gasteiger charge is -2.02. The van der Waals surface area contributed by atoms with Crippen LogP contribution in [0.3, 0.4) is 0 Å². The van der Waals surface area contributed by atoms with E-state index in [0.29, 0.717) is 26.6 Å². The summed E-state index contributed by atoms with van der Waals surface area (Å²) in [6.45, 7) is 0. The highest BCUT2D eigenvalue weighted by Gasteiger charge is 2.14. The molecule has 0 aliphatic carbocycles. The van der Waals surface area contributed by atoms with E-state index in [1.54, 1.807) is 30.5 Å². The van der Waals surface area contributed by atoms with Gasteiger partial charge in [0, 0.05) is 29.8 Å². The molecular weight excluding hydrogens is 432 g/mol. The number of fused-ring (bicyclic) bond motifs is 2. The average Bonchev–Trinajstić information content (AvgIpc) is 3.36. The molecule has 7 nitrogen and oxygen atoms in total. The number of rotatable bonds is 4. The van der Waals surface area contributed by atoms with Crippen molar-refractivity contribution < 1.29 is 13.2 Å². The van der Waals surface area contributed by atoms with Crippen LogP contribution in [0.2, 0.25) is 0 Å². The van der Waals surface area contributed by atoms with Crippen LogP contribution in [0.4, 0.5) is 5.13 Å². The summed E-state index contributed by atoms with van der Waals surface area (Å²) in [6, 6.07) is 18.0. The number of carbonyl (C=O) groups is 1. The topological polar surface area (TPSA) is 93.4 Å². The molecule has 0 fully saturated rings. The molecular formula is C22H16N4O3S2. The van der Waals surface area contributed by atoms with Gasteiger partial charge in [-0.3, -0.25) is 10.1 Å². The molecule has 0 spiro atoms. The fourth-order valence-corrected chi connectivity index (χ4v) is 4.85. The first kappa shape index (κ1) is 19.4. The molecule has 5 aromatic rings. The molecule has 0 saturated heterocycles. The van der Waals surface area contributed by atoms with Crippen LogP contribution in [0, 0.1) is 0 Å². The molecule has 3 aromatic heterocycles. The number of aromatic nitrogens is 3. The van der Waals surface area contributed by atoms with Gasteiger partial charge in [0.2, 0.25) is 0 Å². The maximum absolute atomic E-state index is 12.8. The van der Waals surface area contributed by atoms with Crippen LogP contribution >= 0.6 is 11.3 Å². The van der Waals surface area contributed by atoms with Gasteiger partial charge in [-0.2, -0.15) is 0 Å². The highest BCUT2D eigenvalue weighted by molar-refractivity contribution is 7.90. The monoisotopic (exact) mass is 448 g/mol. The first-order valence-corrected chi connectivity index (χ1v) is 12.0. The molecule has 1 amide bonds. The molecule has 154 valence electrons. The Morgan fingerprint density at radius 2 is 1.84 bits per heavy atom. The van der Waals surface area contributed by atoms with E-state index in [0.717, 1.165) is 17.5 Å². The average molecular weight is 449 g/mol. The molecule has 5 rings (SSSR count). The maximum atomic E-state index is 12.8. The second kappa shape index (κ2) is 7.29. The predicted octanol–water partition coefficient (Wildman–Crippen LogP) is 4.27. The minimum Gasteiger partial charge on any atom is -0.306 e. The number of carbonyl (C=O) groups excluding carboxylic acids is 1. The third kappa shape index (κ3) is 3.80. The van der Waals surface area contributed by atoms with Crippen molar-refractivity contribution >= 4 is 48.1 Å². The summed E-state index contributed by atoms with van der Waals surface area (Å²) in [5.41, 5.74) is 3.57. The van der Waals surface area contributed by atoms with Crippen molar-refractivity contribution in [3.8, 4) is 11.3 Å². The summed E-state index contributed by atoms with van der Waals surface area (Å²) in [5, 5.41) is 3.19. The molecule has 3 heterocycles. The van der Waals surface area contributed by atoms with Crippen molar-refractivity contribution in [1.29, 1.82) is 0 Å². The van der Waals surface area contributed by atoms with Crippen LogP contribution in [0.15, 0.2) is 78.0 Å². The van der Waals surface area contributed by atoms with Gasteiger partial charge in [-0.05, 0) is 30.3 Å². The Labute approximate surface area is 181 Å². The Kier molecular flexibility index (Phi) is 4.57. The minimum atomic E-state index is -3.31. The van der Waals surface area contributed by atoms with Crippen molar-refractivity contribution in [3.63, 3.8) is 0 Å². The molecule has 0 unspecified atom stereocenters. The Bertz CT molecular complexity index is 1550. The SMILES string of the molecule is CS(=O)(=O)c1ccc2nc(NC(=O)c3ccn4cc(-c5ccccc5)nc4c3)sc2c1. The van der Waals surface area contributed by atoms with Gasteiger partial charge in [0.25, 0.3) is 5.91 Å². The summed E-state index contributed by atoms with van der Waals surface area (Å²) in [6.07, 6.45) is 4.87. The van der Waals surface area contributed by atoms with Gasteiger partial charge in [0.05, 0.1) is 20.8 Å². The Morgan fingerprint density at radius 3 is 2.61 bits per heavy atom. The zero-order chi connectivity index (χ0) is 21.6. The van der Waals surface area contributed by atoms with E-state index >= 15 is 0 Å². The van der Waals surface area contributed by atoms with E-state index in [-0.39, 0.29) is 10.8 Å². The second-order valence-electron chi connectivity index (χ2n) is 7.05. The Balaban J connectivity index is 1.42. The molecule has 0 aliphatic heterocycles. The van der Waals surface area contributed by atoms with Crippen LogP contribution in [-0.4, -0.2) is 34.9 Å². The van der Waals surface area contributed by atoms with Crippen molar-refractivity contribution in [1.82, 2.24) is 14.4 Å². The number of pyridine rings is 1. The summed E-state index contributed by atoms with van der Waals surface area (Å²) < 4.78 is 26.1. The molecule has 0 radical (unpaired) electrons. The number of amides is 1. The quantitative estimate of drug-likeness (QED) is 0.443. The molecule has 9 heteroatoms. The summed E-state index contributed by atoms with van der Waals surface area (Å²) in [4.78, 5) is 22.0. The lowest BCUT2D eigenvalue weighted by atomic mass is 10.2. The van der Waals surface area contributed by atoms with Gasteiger partial charge in [0.1, 0.15) is 5.65 Å². The lowest BCUT2D eigenvalue weighted by molar-refractivity contribution is 0.102. The highest BCUT2D eigenvalue weighted by Crippen LogP contribution is 2.28. The van der Waals surface area contributed by atoms with Gasteiger partial charge in [-0.15, -0.1) is 0 Å². The summed E-state index contributed by atoms with van der Waals surface area (Å²) >= 11 is 1.23. The van der Waals surface area contributed by atoms with Gasteiger partial charge in [-0.25, -0.2) is 18.4 Å². The number of nitrogens with one attached hydrogen (secondary N) is 1. The number of nitrogens with zero attached hydrogens (tertiary/aromatic N) is 3. The maximum Gasteiger partial charge on any atom is 0.257 e. The molecule has 0 bridgehead atoms. The van der Waals surface area contributed by atoms with E-state index in [1.807, 2.05) is 40.9 Å². The number of hydrogen-bond donors (Lipinski definition) is 1. The molecule has 0 atom stereocenters. The van der Waals surface area contributed by atoms with Crippen molar-refractivity contribution in [3.05, 3.63) is 78.6 Å². The van der Waals surface area contributed by atoms with Gasteiger partial charge < -0.3 is 4.40 Å². The first-order valence-electron chi connectivity index (χ1n) is 9.33. The molecule has 0 saturated carbocycles. The standard InChI is InChI=1S/C22H16N4O3S2/c1-31(28,29)16-7-8-17-19(12-16)30-22(24-17)25-21(27)15-9-10-26-13-18(23-20(26)11-15)14-5-3-2-4-6-14/h2-13H,1H3,(H,24,25,27). The van der Waals surface area contributed by atoms with Crippen LogP contribution < -0.4 is 5.32 Å². The van der Waals surface area contributed by atoms with Gasteiger partial charge in [0.15, 0.2) is 15.0 Å². The third-order valence-corrected chi connectivity index (χ3v) is 6.84. The van der Waals surface area contributed by atoms with Crippen molar-refractivity contribution in [2.45, 2.75) is 4.90 Å². The van der Waals surface area contributed by atoms with Crippen LogP contribution in [0.1, 0.15) is 10.4 Å². The van der Waals surface area contributed by atoms with E-state index < -0.39 is 9.84 Å². The number of hydrogen-bond acceptors (Lipinski definition) is 6. The number of thiazole rings is 1. The van der Waals surface area contributed by atoms with Crippen LogP contribution in [0.5, 0.6) is 0 Å². The van der Waals surface area contributed by atoms with Crippen LogP contribution in [0.25, 0.3) is 27.1 Å². The molecule has 1 N–H and O–H groups in total. The van der Waals surface area contributed by atoms with Crippen molar-refractivity contribution in [2.24, 2.45) is 0 Å². The highest BCUT2D eigenvalue weighted by atomic mass is 32.2. The van der Waals surface area contributed by atoms with E-state index in [9.17, 15) is 13.2 Å². The normalized spacial score (nSPS) is 11.8. The van der Waals surface area contributed by atoms with E-state index in [4.69, 9.17) is 0 Å². The third-order valence-electron chi connectivity index (χ3n) is 4.80. The zero-order valence-electron chi connectivity index (χ0n) is 16.3. The lowest BCUT2D eigenvalue weighted by Crippen LogP contribution is -2.11. The predicted molar refractivity (Wildman–Crippen MR) is 121 cm³/mol. The molecule has 31 heavy (non-hydrogen) atoms. The first-order chi connectivity index (χ1) is 14.9. The Morgan fingerprint density at radius 1 is 1.03 bits per heavy atom. The molecule has 0 aliphatic rings. The fourth-order valence-electron chi connectivity index (χ4n) is 3.23.